The van der Waals surface area contributed by atoms with Crippen LogP contribution in [0, 0.1) is 17.6 Å². The average Bonchev–Trinajstić information content (AvgIpc) is 2.58. The van der Waals surface area contributed by atoms with Crippen molar-refractivity contribution in [3.8, 4) is 0 Å². The van der Waals surface area contributed by atoms with Crippen LogP contribution in [0.4, 0.5) is 20.2 Å². The highest BCUT2D eigenvalue weighted by molar-refractivity contribution is 5.56. The third-order valence-electron chi connectivity index (χ3n) is 3.59. The number of rotatable bonds is 2. The molecule has 0 amide bonds. The van der Waals surface area contributed by atoms with E-state index in [2.05, 4.69) is 11.8 Å². The first-order valence-electron chi connectivity index (χ1n) is 6.06. The standard InChI is InChI=1S/C13H19F2N3/c1-8-6-18(7-12(8)17(2)3)13-10(14)4-9(16)5-11(13)15/h4-5,8,12H,6-7,16H2,1-3H3. The van der Waals surface area contributed by atoms with Crippen LogP contribution < -0.4 is 10.6 Å². The number of benzene rings is 1. The average molecular weight is 255 g/mol. The Balaban J connectivity index is 2.29. The fraction of sp³-hybridized carbons (Fsp3) is 0.538. The first kappa shape index (κ1) is 13.1. The maximum Gasteiger partial charge on any atom is 0.151 e. The Labute approximate surface area is 106 Å². The van der Waals surface area contributed by atoms with Crippen molar-refractivity contribution in [2.24, 2.45) is 5.92 Å². The molecule has 100 valence electrons. The van der Waals surface area contributed by atoms with Crippen LogP contribution in [0.3, 0.4) is 0 Å². The Kier molecular flexibility index (Phi) is 3.43. The predicted octanol–water partition coefficient (Wildman–Crippen LogP) is 1.93. The van der Waals surface area contributed by atoms with Gasteiger partial charge in [-0.25, -0.2) is 8.78 Å². The van der Waals surface area contributed by atoms with Crippen LogP contribution in [-0.2, 0) is 0 Å². The van der Waals surface area contributed by atoms with Crippen LogP contribution in [-0.4, -0.2) is 38.1 Å². The largest absolute Gasteiger partial charge is 0.399 e. The molecule has 5 heteroatoms. The molecule has 1 saturated heterocycles. The smallest absolute Gasteiger partial charge is 0.151 e. The summed E-state index contributed by atoms with van der Waals surface area (Å²) >= 11 is 0. The van der Waals surface area contributed by atoms with Gasteiger partial charge in [0.1, 0.15) is 5.69 Å². The zero-order valence-corrected chi connectivity index (χ0v) is 11.0. The molecule has 18 heavy (non-hydrogen) atoms. The second-order valence-electron chi connectivity index (χ2n) is 5.25. The molecule has 2 rings (SSSR count). The van der Waals surface area contributed by atoms with Crippen LogP contribution in [0.5, 0.6) is 0 Å². The number of likely N-dealkylation sites (N-methyl/N-ethyl adjacent to an activating group) is 1. The Morgan fingerprint density at radius 2 is 1.78 bits per heavy atom. The van der Waals surface area contributed by atoms with Crippen molar-refractivity contribution in [3.63, 3.8) is 0 Å². The summed E-state index contributed by atoms with van der Waals surface area (Å²) < 4.78 is 27.7. The van der Waals surface area contributed by atoms with Crippen molar-refractivity contribution in [1.29, 1.82) is 0 Å². The molecule has 1 aromatic rings. The quantitative estimate of drug-likeness (QED) is 0.820. The van der Waals surface area contributed by atoms with Crippen molar-refractivity contribution in [3.05, 3.63) is 23.8 Å². The molecule has 1 fully saturated rings. The van der Waals surface area contributed by atoms with Gasteiger partial charge >= 0.3 is 0 Å². The van der Waals surface area contributed by atoms with Crippen LogP contribution >= 0.6 is 0 Å². The van der Waals surface area contributed by atoms with Gasteiger partial charge in [0.05, 0.1) is 0 Å². The Bertz CT molecular complexity index is 425. The van der Waals surface area contributed by atoms with Gasteiger partial charge in [0.2, 0.25) is 0 Å². The molecule has 1 aromatic carbocycles. The molecule has 2 unspecified atom stereocenters. The minimum absolute atomic E-state index is 0.0420. The van der Waals surface area contributed by atoms with Crippen molar-refractivity contribution < 1.29 is 8.78 Å². The van der Waals surface area contributed by atoms with Gasteiger partial charge in [0, 0.05) is 24.8 Å². The van der Waals surface area contributed by atoms with Gasteiger partial charge in [-0.15, -0.1) is 0 Å². The molecule has 2 N–H and O–H groups in total. The molecule has 0 spiro atoms. The van der Waals surface area contributed by atoms with Crippen LogP contribution in [0.2, 0.25) is 0 Å². The summed E-state index contributed by atoms with van der Waals surface area (Å²) in [5.41, 5.74) is 5.58. The van der Waals surface area contributed by atoms with Crippen LogP contribution in [0.1, 0.15) is 6.92 Å². The minimum atomic E-state index is -0.584. The van der Waals surface area contributed by atoms with Crippen molar-refractivity contribution in [2.45, 2.75) is 13.0 Å². The summed E-state index contributed by atoms with van der Waals surface area (Å²) in [5, 5.41) is 0. The van der Waals surface area contributed by atoms with E-state index in [9.17, 15) is 8.78 Å². The Morgan fingerprint density at radius 3 is 2.22 bits per heavy atom. The molecule has 3 nitrogen and oxygen atoms in total. The van der Waals surface area contributed by atoms with E-state index in [1.807, 2.05) is 14.1 Å². The highest BCUT2D eigenvalue weighted by atomic mass is 19.1. The molecular weight excluding hydrogens is 236 g/mol. The number of anilines is 2. The van der Waals surface area contributed by atoms with Crippen molar-refractivity contribution in [2.75, 3.05) is 37.8 Å². The van der Waals surface area contributed by atoms with E-state index < -0.39 is 11.6 Å². The van der Waals surface area contributed by atoms with E-state index in [0.29, 0.717) is 25.0 Å². The third-order valence-corrected chi connectivity index (χ3v) is 3.59. The van der Waals surface area contributed by atoms with Gasteiger partial charge < -0.3 is 15.5 Å². The maximum absolute atomic E-state index is 13.8. The number of nitrogens with two attached hydrogens (primary N) is 1. The van der Waals surface area contributed by atoms with Gasteiger partial charge in [-0.05, 0) is 32.1 Å². The highest BCUT2D eigenvalue weighted by Crippen LogP contribution is 2.31. The SMILES string of the molecule is CC1CN(c2c(F)cc(N)cc2F)CC1N(C)C. The zero-order valence-electron chi connectivity index (χ0n) is 11.0. The summed E-state index contributed by atoms with van der Waals surface area (Å²) in [7, 11) is 3.97. The summed E-state index contributed by atoms with van der Waals surface area (Å²) in [4.78, 5) is 3.86. The predicted molar refractivity (Wildman–Crippen MR) is 69.6 cm³/mol. The monoisotopic (exact) mass is 255 g/mol. The number of halogens is 2. The molecule has 0 saturated carbocycles. The number of hydrogen-bond acceptors (Lipinski definition) is 3. The lowest BCUT2D eigenvalue weighted by Gasteiger charge is -2.23. The molecule has 1 heterocycles. The third kappa shape index (κ3) is 2.27. The van der Waals surface area contributed by atoms with Gasteiger partial charge in [-0.1, -0.05) is 6.92 Å². The lowest BCUT2D eigenvalue weighted by molar-refractivity contribution is 0.266. The minimum Gasteiger partial charge on any atom is -0.399 e. The Morgan fingerprint density at radius 1 is 1.22 bits per heavy atom. The van der Waals surface area contributed by atoms with E-state index >= 15 is 0 Å². The molecule has 0 bridgehead atoms. The summed E-state index contributed by atoms with van der Waals surface area (Å²) in [6.07, 6.45) is 0. The van der Waals surface area contributed by atoms with Crippen molar-refractivity contribution in [1.82, 2.24) is 4.90 Å². The van der Waals surface area contributed by atoms with Crippen molar-refractivity contribution >= 4 is 11.4 Å². The van der Waals surface area contributed by atoms with Gasteiger partial charge in [0.15, 0.2) is 11.6 Å². The lowest BCUT2D eigenvalue weighted by Crippen LogP contribution is -2.34. The fourth-order valence-corrected chi connectivity index (χ4v) is 2.69. The van der Waals surface area contributed by atoms with Gasteiger partial charge in [-0.3, -0.25) is 0 Å². The second kappa shape index (κ2) is 4.72. The molecular formula is C13H19F2N3. The first-order valence-corrected chi connectivity index (χ1v) is 6.06. The molecule has 2 atom stereocenters. The lowest BCUT2D eigenvalue weighted by atomic mass is 10.1. The number of nitrogen functional groups attached to an aromatic ring is 1. The normalized spacial score (nSPS) is 24.0. The molecule has 1 aliphatic heterocycles. The number of nitrogens with zero attached hydrogens (tertiary/aromatic N) is 2. The fourth-order valence-electron chi connectivity index (χ4n) is 2.69. The zero-order chi connectivity index (χ0) is 13.4. The van der Waals surface area contributed by atoms with E-state index in [1.54, 1.807) is 4.90 Å². The number of hydrogen-bond donors (Lipinski definition) is 1. The molecule has 0 aliphatic carbocycles. The highest BCUT2D eigenvalue weighted by Gasteiger charge is 2.33. The van der Waals surface area contributed by atoms with E-state index in [1.165, 1.54) is 12.1 Å². The first-order chi connectivity index (χ1) is 8.40. The topological polar surface area (TPSA) is 32.5 Å². The summed E-state index contributed by atoms with van der Waals surface area (Å²) in [6.45, 7) is 3.38. The van der Waals surface area contributed by atoms with Crippen LogP contribution in [0.25, 0.3) is 0 Å². The van der Waals surface area contributed by atoms with Crippen LogP contribution in [0.15, 0.2) is 12.1 Å². The molecule has 1 aliphatic rings. The Hall–Kier alpha value is -1.36. The van der Waals surface area contributed by atoms with E-state index in [0.717, 1.165) is 0 Å². The molecule has 0 radical (unpaired) electrons. The van der Waals surface area contributed by atoms with Gasteiger partial charge in [-0.2, -0.15) is 0 Å². The molecule has 0 aromatic heterocycles. The maximum atomic E-state index is 13.8. The second-order valence-corrected chi connectivity index (χ2v) is 5.25. The van der Waals surface area contributed by atoms with Gasteiger partial charge in [0.25, 0.3) is 0 Å². The van der Waals surface area contributed by atoms with E-state index in [4.69, 9.17) is 5.73 Å². The summed E-state index contributed by atoms with van der Waals surface area (Å²) in [5.74, 6) is -0.797. The van der Waals surface area contributed by atoms with E-state index in [-0.39, 0.29) is 11.4 Å². The summed E-state index contributed by atoms with van der Waals surface area (Å²) in [6, 6.07) is 2.65.